The van der Waals surface area contributed by atoms with Crippen LogP contribution in [0.25, 0.3) is 0 Å². The monoisotopic (exact) mass is 535 g/mol. The number of benzene rings is 2. The van der Waals surface area contributed by atoms with Crippen LogP contribution in [0.4, 0.5) is 13.2 Å². The lowest BCUT2D eigenvalue weighted by Gasteiger charge is -2.37. The lowest BCUT2D eigenvalue weighted by molar-refractivity contribution is -0.192. The van der Waals surface area contributed by atoms with Crippen molar-refractivity contribution in [2.24, 2.45) is 17.4 Å². The predicted molar refractivity (Wildman–Crippen MR) is 142 cm³/mol. The molecular weight excluding hydrogens is 495 g/mol. The van der Waals surface area contributed by atoms with Crippen LogP contribution in [0.3, 0.4) is 0 Å². The van der Waals surface area contributed by atoms with Gasteiger partial charge in [-0.25, -0.2) is 4.79 Å². The van der Waals surface area contributed by atoms with Gasteiger partial charge in [0.05, 0.1) is 0 Å². The van der Waals surface area contributed by atoms with Crippen LogP contribution in [-0.2, 0) is 15.0 Å². The Morgan fingerprint density at radius 2 is 1.29 bits per heavy atom. The number of hydrogen-bond acceptors (Lipinski definition) is 4. The highest BCUT2D eigenvalue weighted by Gasteiger charge is 2.49. The number of carbonyl (C=O) groups is 2. The van der Waals surface area contributed by atoms with Gasteiger partial charge in [0.25, 0.3) is 0 Å². The molecule has 0 spiro atoms. The quantitative estimate of drug-likeness (QED) is 0.309. The molecule has 3 rings (SSSR count). The van der Waals surface area contributed by atoms with Crippen molar-refractivity contribution in [3.8, 4) is 0 Å². The maximum absolute atomic E-state index is 13.1. The summed E-state index contributed by atoms with van der Waals surface area (Å²) in [5, 5.41) is 7.12. The first kappa shape index (κ1) is 31.3. The zero-order chi connectivity index (χ0) is 28.0. The van der Waals surface area contributed by atoms with Crippen LogP contribution in [0, 0.1) is 5.92 Å². The summed E-state index contributed by atoms with van der Waals surface area (Å²) in [6.07, 6.45) is 4.75. The highest BCUT2D eigenvalue weighted by molar-refractivity contribution is 5.91. The van der Waals surface area contributed by atoms with E-state index in [9.17, 15) is 18.0 Å². The van der Waals surface area contributed by atoms with Crippen molar-refractivity contribution in [1.82, 2.24) is 4.90 Å². The molecule has 0 unspecified atom stereocenters. The van der Waals surface area contributed by atoms with Crippen LogP contribution >= 0.6 is 0 Å². The molecule has 0 saturated carbocycles. The number of hydrogen-bond donors (Lipinski definition) is 3. The summed E-state index contributed by atoms with van der Waals surface area (Å²) in [7, 11) is 0. The van der Waals surface area contributed by atoms with Crippen LogP contribution in [0.15, 0.2) is 60.7 Å². The van der Waals surface area contributed by atoms with Crippen LogP contribution in [0.2, 0.25) is 0 Å². The Balaban J connectivity index is 0.000000638. The first-order valence-electron chi connectivity index (χ1n) is 13.3. The number of amides is 1. The normalized spacial score (nSPS) is 16.1. The second-order valence-corrected chi connectivity index (χ2v) is 9.76. The Labute approximate surface area is 223 Å². The second kappa shape index (κ2) is 15.5. The summed E-state index contributed by atoms with van der Waals surface area (Å²) in [4.78, 5) is 24.5. The van der Waals surface area contributed by atoms with Crippen molar-refractivity contribution < 1.29 is 27.9 Å². The number of carboxylic acids is 1. The number of halogens is 3. The van der Waals surface area contributed by atoms with Crippen molar-refractivity contribution in [3.05, 3.63) is 71.8 Å². The molecule has 1 atom stereocenters. The maximum Gasteiger partial charge on any atom is 0.490 e. The van der Waals surface area contributed by atoms with E-state index < -0.39 is 17.6 Å². The number of unbranched alkanes of at least 4 members (excludes halogenated alkanes) is 6. The van der Waals surface area contributed by atoms with Crippen molar-refractivity contribution in [1.29, 1.82) is 0 Å². The third-order valence-corrected chi connectivity index (χ3v) is 7.15. The Bertz CT molecular complexity index is 932. The lowest BCUT2D eigenvalue weighted by Crippen LogP contribution is -2.49. The number of aliphatic carboxylic acids is 1. The van der Waals surface area contributed by atoms with Gasteiger partial charge < -0.3 is 21.5 Å². The molecule has 1 saturated heterocycles. The minimum absolute atomic E-state index is 0.186. The summed E-state index contributed by atoms with van der Waals surface area (Å²) in [5.74, 6) is -2.81. The SMILES string of the molecule is NCCCCCCCCCN1CC[C@@H](C(C(N)=O)(c2ccccc2)c2ccccc2)C1.O=C(O)C(F)(F)F. The van der Waals surface area contributed by atoms with Gasteiger partial charge in [0.2, 0.25) is 5.91 Å². The first-order valence-corrected chi connectivity index (χ1v) is 13.3. The van der Waals surface area contributed by atoms with Crippen LogP contribution < -0.4 is 11.5 Å². The third-order valence-electron chi connectivity index (χ3n) is 7.15. The van der Waals surface area contributed by atoms with Gasteiger partial charge >= 0.3 is 12.1 Å². The molecule has 1 amide bonds. The number of alkyl halides is 3. The minimum Gasteiger partial charge on any atom is -0.475 e. The Kier molecular flexibility index (Phi) is 12.8. The van der Waals surface area contributed by atoms with Crippen molar-refractivity contribution >= 4 is 11.9 Å². The van der Waals surface area contributed by atoms with Gasteiger partial charge in [-0.05, 0) is 55.9 Å². The molecule has 210 valence electrons. The molecule has 1 fully saturated rings. The van der Waals surface area contributed by atoms with Gasteiger partial charge in [-0.3, -0.25) is 4.79 Å². The topological polar surface area (TPSA) is 110 Å². The van der Waals surface area contributed by atoms with E-state index in [1.807, 2.05) is 36.4 Å². The molecule has 0 aliphatic carbocycles. The van der Waals surface area contributed by atoms with E-state index in [1.54, 1.807) is 0 Å². The standard InChI is InChI=1S/C27H39N3O.C2HF3O2/c28-19-12-4-2-1-3-5-13-20-30-21-18-25(22-30)27(26(29)31,23-14-8-6-9-15-23)24-16-10-7-11-17-24;3-2(4,5)1(6)7/h6-11,14-17,25H,1-5,12-13,18-22,28H2,(H2,29,31);(H,6,7)/t25-;/m1./s1. The van der Waals surface area contributed by atoms with E-state index in [2.05, 4.69) is 29.2 Å². The van der Waals surface area contributed by atoms with Crippen molar-refractivity contribution in [2.45, 2.75) is 63.0 Å². The van der Waals surface area contributed by atoms with Crippen LogP contribution in [0.1, 0.15) is 62.5 Å². The highest BCUT2D eigenvalue weighted by Crippen LogP contribution is 2.43. The van der Waals surface area contributed by atoms with Crippen LogP contribution in [-0.4, -0.2) is 54.2 Å². The lowest BCUT2D eigenvalue weighted by atomic mass is 9.64. The smallest absolute Gasteiger partial charge is 0.475 e. The second-order valence-electron chi connectivity index (χ2n) is 9.76. The van der Waals surface area contributed by atoms with Crippen molar-refractivity contribution in [2.75, 3.05) is 26.2 Å². The number of nitrogens with two attached hydrogens (primary N) is 2. The molecule has 9 heteroatoms. The Morgan fingerprint density at radius 3 is 1.71 bits per heavy atom. The number of carbonyl (C=O) groups excluding carboxylic acids is 1. The summed E-state index contributed by atoms with van der Waals surface area (Å²) >= 11 is 0. The number of carboxylic acid groups (broad SMARTS) is 1. The first-order chi connectivity index (χ1) is 18.1. The fourth-order valence-corrected chi connectivity index (χ4v) is 5.28. The highest BCUT2D eigenvalue weighted by atomic mass is 19.4. The molecule has 0 aromatic heterocycles. The number of primary amides is 1. The number of nitrogens with zero attached hydrogens (tertiary/aromatic N) is 1. The summed E-state index contributed by atoms with van der Waals surface area (Å²) in [6.45, 7) is 3.88. The minimum atomic E-state index is -5.08. The molecule has 0 radical (unpaired) electrons. The fraction of sp³-hybridized carbons (Fsp3) is 0.517. The Morgan fingerprint density at radius 1 is 0.842 bits per heavy atom. The molecular formula is C29H40F3N3O3. The van der Waals surface area contributed by atoms with E-state index in [0.717, 1.165) is 50.1 Å². The summed E-state index contributed by atoms with van der Waals surface area (Å²) in [6, 6.07) is 20.3. The molecule has 0 bridgehead atoms. The zero-order valence-electron chi connectivity index (χ0n) is 21.8. The summed E-state index contributed by atoms with van der Waals surface area (Å²) < 4.78 is 31.7. The average Bonchev–Trinajstić information content (AvgIpc) is 3.36. The molecule has 2 aromatic rings. The molecule has 1 heterocycles. The average molecular weight is 536 g/mol. The van der Waals surface area contributed by atoms with Crippen molar-refractivity contribution in [3.63, 3.8) is 0 Å². The van der Waals surface area contributed by atoms with Gasteiger partial charge in [0, 0.05) is 6.54 Å². The largest absolute Gasteiger partial charge is 0.490 e. The zero-order valence-corrected chi connectivity index (χ0v) is 21.8. The Hall–Kier alpha value is -2.91. The fourth-order valence-electron chi connectivity index (χ4n) is 5.28. The number of likely N-dealkylation sites (tertiary alicyclic amines) is 1. The molecule has 6 nitrogen and oxygen atoms in total. The third kappa shape index (κ3) is 8.84. The molecule has 1 aliphatic heterocycles. The van der Waals surface area contributed by atoms with Gasteiger partial charge in [-0.2, -0.15) is 13.2 Å². The van der Waals surface area contributed by atoms with Gasteiger partial charge in [0.1, 0.15) is 5.41 Å². The molecule has 38 heavy (non-hydrogen) atoms. The van der Waals surface area contributed by atoms with E-state index in [-0.39, 0.29) is 11.8 Å². The van der Waals surface area contributed by atoms with Gasteiger partial charge in [-0.15, -0.1) is 0 Å². The van der Waals surface area contributed by atoms with Gasteiger partial charge in [0.15, 0.2) is 0 Å². The number of rotatable bonds is 13. The molecule has 5 N–H and O–H groups in total. The van der Waals surface area contributed by atoms with Gasteiger partial charge in [-0.1, -0.05) is 92.8 Å². The predicted octanol–water partition coefficient (Wildman–Crippen LogP) is 5.10. The van der Waals surface area contributed by atoms with E-state index in [4.69, 9.17) is 21.4 Å². The van der Waals surface area contributed by atoms with E-state index >= 15 is 0 Å². The molecule has 2 aromatic carbocycles. The van der Waals surface area contributed by atoms with E-state index in [1.165, 1.54) is 38.5 Å². The maximum atomic E-state index is 13.1. The van der Waals surface area contributed by atoms with E-state index in [0.29, 0.717) is 0 Å². The van der Waals surface area contributed by atoms with Crippen LogP contribution in [0.5, 0.6) is 0 Å². The summed E-state index contributed by atoms with van der Waals surface area (Å²) in [5.41, 5.74) is 13.0. The molecule has 1 aliphatic rings.